The first-order chi connectivity index (χ1) is 4.20. The van der Waals surface area contributed by atoms with E-state index in [4.69, 9.17) is 5.73 Å². The molecule has 1 aliphatic rings. The highest BCUT2D eigenvalue weighted by molar-refractivity contribution is 4.78. The summed E-state index contributed by atoms with van der Waals surface area (Å²) in [6, 6.07) is 1.14. The maximum atomic E-state index is 5.76. The number of hydrogen-bond donors (Lipinski definition) is 1. The van der Waals surface area contributed by atoms with Crippen molar-refractivity contribution in [3.63, 3.8) is 0 Å². The van der Waals surface area contributed by atoms with Crippen molar-refractivity contribution in [3.8, 4) is 0 Å². The molecule has 1 heterocycles. The SMILES string of the molecule is C[C@H]1C[C@@H](N)CCN1C. The third kappa shape index (κ3) is 1.66. The van der Waals surface area contributed by atoms with E-state index in [1.165, 1.54) is 13.0 Å². The Morgan fingerprint density at radius 3 is 2.67 bits per heavy atom. The van der Waals surface area contributed by atoms with E-state index in [1.54, 1.807) is 0 Å². The molecule has 1 aliphatic heterocycles. The van der Waals surface area contributed by atoms with Gasteiger partial charge in [0, 0.05) is 12.1 Å². The Balaban J connectivity index is 2.35. The van der Waals surface area contributed by atoms with Crippen LogP contribution in [0.1, 0.15) is 19.8 Å². The maximum absolute atomic E-state index is 5.76. The number of nitrogens with zero attached hydrogens (tertiary/aromatic N) is 1. The van der Waals surface area contributed by atoms with Crippen molar-refractivity contribution in [2.24, 2.45) is 5.73 Å². The lowest BCUT2D eigenvalue weighted by atomic mass is 10.0. The molecule has 2 N–H and O–H groups in total. The van der Waals surface area contributed by atoms with Gasteiger partial charge in [0.2, 0.25) is 0 Å². The largest absolute Gasteiger partial charge is 0.328 e. The molecule has 1 fully saturated rings. The Hall–Kier alpha value is -0.0800. The highest BCUT2D eigenvalue weighted by Crippen LogP contribution is 2.12. The molecule has 2 heteroatoms. The van der Waals surface area contributed by atoms with Crippen LogP contribution in [0.3, 0.4) is 0 Å². The van der Waals surface area contributed by atoms with E-state index in [9.17, 15) is 0 Å². The fraction of sp³-hybridized carbons (Fsp3) is 1.00. The standard InChI is InChI=1S/C7H16N2/c1-6-5-7(8)3-4-9(6)2/h6-7H,3-5,8H2,1-2H3/t6-,7-/m0/s1. The van der Waals surface area contributed by atoms with E-state index in [-0.39, 0.29) is 0 Å². The van der Waals surface area contributed by atoms with E-state index in [0.717, 1.165) is 6.42 Å². The molecule has 1 rings (SSSR count). The summed E-state index contributed by atoms with van der Waals surface area (Å²) in [6.45, 7) is 3.40. The summed E-state index contributed by atoms with van der Waals surface area (Å²) >= 11 is 0. The van der Waals surface area contributed by atoms with Gasteiger partial charge in [0.1, 0.15) is 0 Å². The molecule has 0 aromatic rings. The second kappa shape index (κ2) is 2.67. The van der Waals surface area contributed by atoms with Gasteiger partial charge in [-0.3, -0.25) is 0 Å². The quantitative estimate of drug-likeness (QED) is 0.512. The molecule has 54 valence electrons. The van der Waals surface area contributed by atoms with E-state index in [0.29, 0.717) is 12.1 Å². The van der Waals surface area contributed by atoms with Crippen LogP contribution in [-0.2, 0) is 0 Å². The molecule has 1 saturated heterocycles. The Kier molecular flexibility index (Phi) is 2.09. The Labute approximate surface area is 57.0 Å². The van der Waals surface area contributed by atoms with Crippen LogP contribution >= 0.6 is 0 Å². The normalized spacial score (nSPS) is 39.0. The van der Waals surface area contributed by atoms with Gasteiger partial charge in [-0.1, -0.05) is 0 Å². The Morgan fingerprint density at radius 1 is 1.56 bits per heavy atom. The van der Waals surface area contributed by atoms with Crippen LogP contribution in [0, 0.1) is 0 Å². The molecule has 0 amide bonds. The van der Waals surface area contributed by atoms with Crippen molar-refractivity contribution in [2.75, 3.05) is 13.6 Å². The zero-order valence-corrected chi connectivity index (χ0v) is 6.30. The predicted molar refractivity (Wildman–Crippen MR) is 39.3 cm³/mol. The lowest BCUT2D eigenvalue weighted by Gasteiger charge is -2.33. The first-order valence-electron chi connectivity index (χ1n) is 3.66. The van der Waals surface area contributed by atoms with E-state index < -0.39 is 0 Å². The van der Waals surface area contributed by atoms with Crippen LogP contribution in [0.5, 0.6) is 0 Å². The molecule has 0 spiro atoms. The molecule has 2 nitrogen and oxygen atoms in total. The van der Waals surface area contributed by atoms with Gasteiger partial charge in [-0.25, -0.2) is 0 Å². The van der Waals surface area contributed by atoms with Gasteiger partial charge >= 0.3 is 0 Å². The van der Waals surface area contributed by atoms with Crippen LogP contribution in [0.4, 0.5) is 0 Å². The highest BCUT2D eigenvalue weighted by Gasteiger charge is 2.18. The summed E-state index contributed by atoms with van der Waals surface area (Å²) in [5, 5.41) is 0. The van der Waals surface area contributed by atoms with Gasteiger partial charge in [0.05, 0.1) is 0 Å². The van der Waals surface area contributed by atoms with Gasteiger partial charge in [-0.15, -0.1) is 0 Å². The predicted octanol–water partition coefficient (Wildman–Crippen LogP) is 0.428. The summed E-state index contributed by atoms with van der Waals surface area (Å²) in [6.07, 6.45) is 2.33. The van der Waals surface area contributed by atoms with Crippen LogP contribution in [-0.4, -0.2) is 30.6 Å². The molecule has 0 aromatic carbocycles. The Morgan fingerprint density at radius 2 is 2.22 bits per heavy atom. The fourth-order valence-electron chi connectivity index (χ4n) is 1.33. The van der Waals surface area contributed by atoms with Crippen LogP contribution in [0.2, 0.25) is 0 Å². The molecule has 0 bridgehead atoms. The molecule has 0 radical (unpaired) electrons. The monoisotopic (exact) mass is 128 g/mol. The van der Waals surface area contributed by atoms with Crippen molar-refractivity contribution in [1.29, 1.82) is 0 Å². The smallest absolute Gasteiger partial charge is 0.00786 e. The van der Waals surface area contributed by atoms with Crippen LogP contribution in [0.15, 0.2) is 0 Å². The molecule has 0 unspecified atom stereocenters. The van der Waals surface area contributed by atoms with E-state index in [2.05, 4.69) is 18.9 Å². The van der Waals surface area contributed by atoms with Crippen molar-refractivity contribution >= 4 is 0 Å². The lowest BCUT2D eigenvalue weighted by Crippen LogP contribution is -2.43. The molecule has 0 aromatic heterocycles. The first kappa shape index (κ1) is 7.03. The second-order valence-electron chi connectivity index (χ2n) is 3.11. The minimum absolute atomic E-state index is 0.455. The summed E-state index contributed by atoms with van der Waals surface area (Å²) < 4.78 is 0. The lowest BCUT2D eigenvalue weighted by molar-refractivity contribution is 0.184. The number of piperidine rings is 1. The molecular formula is C7H16N2. The molecule has 0 aliphatic carbocycles. The summed E-state index contributed by atoms with van der Waals surface area (Å²) in [5.74, 6) is 0. The van der Waals surface area contributed by atoms with Gasteiger partial charge in [0.25, 0.3) is 0 Å². The topological polar surface area (TPSA) is 29.3 Å². The molecule has 0 saturated carbocycles. The van der Waals surface area contributed by atoms with Gasteiger partial charge < -0.3 is 10.6 Å². The van der Waals surface area contributed by atoms with Crippen molar-refractivity contribution < 1.29 is 0 Å². The minimum atomic E-state index is 0.455. The van der Waals surface area contributed by atoms with E-state index >= 15 is 0 Å². The first-order valence-corrected chi connectivity index (χ1v) is 3.66. The minimum Gasteiger partial charge on any atom is -0.328 e. The van der Waals surface area contributed by atoms with Gasteiger partial charge in [-0.2, -0.15) is 0 Å². The second-order valence-corrected chi connectivity index (χ2v) is 3.11. The average Bonchev–Trinajstić information content (AvgIpc) is 1.80. The third-order valence-corrected chi connectivity index (χ3v) is 2.25. The molecule has 2 atom stereocenters. The Bertz CT molecular complexity index is 92.9. The van der Waals surface area contributed by atoms with Crippen molar-refractivity contribution in [3.05, 3.63) is 0 Å². The summed E-state index contributed by atoms with van der Waals surface area (Å²) in [4.78, 5) is 2.36. The molecular weight excluding hydrogens is 112 g/mol. The van der Waals surface area contributed by atoms with Gasteiger partial charge in [-0.05, 0) is 33.4 Å². The van der Waals surface area contributed by atoms with Crippen LogP contribution < -0.4 is 5.73 Å². The van der Waals surface area contributed by atoms with Crippen LogP contribution in [0.25, 0.3) is 0 Å². The fourth-order valence-corrected chi connectivity index (χ4v) is 1.33. The highest BCUT2D eigenvalue weighted by atomic mass is 15.1. The maximum Gasteiger partial charge on any atom is 0.00786 e. The summed E-state index contributed by atoms with van der Waals surface area (Å²) in [7, 11) is 2.16. The summed E-state index contributed by atoms with van der Waals surface area (Å²) in [5.41, 5.74) is 5.76. The number of rotatable bonds is 0. The third-order valence-electron chi connectivity index (χ3n) is 2.25. The average molecular weight is 128 g/mol. The zero-order valence-electron chi connectivity index (χ0n) is 6.30. The van der Waals surface area contributed by atoms with E-state index in [1.807, 2.05) is 0 Å². The number of hydrogen-bond acceptors (Lipinski definition) is 2. The molecule has 9 heavy (non-hydrogen) atoms. The van der Waals surface area contributed by atoms with Crippen molar-refractivity contribution in [1.82, 2.24) is 4.90 Å². The zero-order chi connectivity index (χ0) is 6.85. The number of likely N-dealkylation sites (tertiary alicyclic amines) is 1. The van der Waals surface area contributed by atoms with Crippen molar-refractivity contribution in [2.45, 2.75) is 31.8 Å². The number of nitrogens with two attached hydrogens (primary N) is 1. The van der Waals surface area contributed by atoms with Gasteiger partial charge in [0.15, 0.2) is 0 Å².